The quantitative estimate of drug-likeness (QED) is 0.622. The molecule has 18 heavy (non-hydrogen) atoms. The van der Waals surface area contributed by atoms with Crippen molar-refractivity contribution in [2.75, 3.05) is 0 Å². The number of rotatable bonds is 0. The summed E-state index contributed by atoms with van der Waals surface area (Å²) in [7, 11) is 0. The standard InChI is InChI=1S/C12H8F6/c13-10(14)8-4-6-2-1-3-7(6)5-9(8)11(15,16)12(10,17)18/h4-5H,1-3H2. The van der Waals surface area contributed by atoms with Crippen LogP contribution in [0.1, 0.15) is 28.7 Å². The van der Waals surface area contributed by atoms with Gasteiger partial charge in [-0.1, -0.05) is 0 Å². The summed E-state index contributed by atoms with van der Waals surface area (Å²) in [5.74, 6) is -15.0. The van der Waals surface area contributed by atoms with Crippen LogP contribution in [0.5, 0.6) is 0 Å². The maximum Gasteiger partial charge on any atom is 0.380 e. The van der Waals surface area contributed by atoms with E-state index in [-0.39, 0.29) is 0 Å². The van der Waals surface area contributed by atoms with E-state index in [9.17, 15) is 26.3 Å². The first-order valence-corrected chi connectivity index (χ1v) is 5.50. The van der Waals surface area contributed by atoms with Gasteiger partial charge >= 0.3 is 17.8 Å². The number of alkyl halides is 6. The fourth-order valence-corrected chi connectivity index (χ4v) is 2.68. The number of benzene rings is 1. The summed E-state index contributed by atoms with van der Waals surface area (Å²) in [6.07, 6.45) is 1.61. The number of hydrogen-bond donors (Lipinski definition) is 0. The molecule has 0 saturated carbocycles. The van der Waals surface area contributed by atoms with Crippen LogP contribution in [0.25, 0.3) is 0 Å². The van der Waals surface area contributed by atoms with Crippen LogP contribution in [-0.4, -0.2) is 5.92 Å². The SMILES string of the molecule is FC1(F)c2cc3c(cc2C(F)(F)C1(F)F)CCC3. The molecule has 0 spiro atoms. The topological polar surface area (TPSA) is 0 Å². The summed E-state index contributed by atoms with van der Waals surface area (Å²) in [6.45, 7) is 0. The van der Waals surface area contributed by atoms with Crippen molar-refractivity contribution in [2.24, 2.45) is 0 Å². The lowest BCUT2D eigenvalue weighted by atomic mass is 10.0. The van der Waals surface area contributed by atoms with Crippen LogP contribution >= 0.6 is 0 Å². The van der Waals surface area contributed by atoms with Gasteiger partial charge < -0.3 is 0 Å². The predicted molar refractivity (Wildman–Crippen MR) is 51.2 cm³/mol. The minimum atomic E-state index is -5.36. The third kappa shape index (κ3) is 1.09. The van der Waals surface area contributed by atoms with E-state index in [2.05, 4.69) is 0 Å². The summed E-state index contributed by atoms with van der Waals surface area (Å²) in [6, 6.07) is 1.65. The molecule has 0 saturated heterocycles. The van der Waals surface area contributed by atoms with Crippen LogP contribution in [0, 0.1) is 0 Å². The van der Waals surface area contributed by atoms with Gasteiger partial charge in [0.05, 0.1) is 0 Å². The van der Waals surface area contributed by atoms with E-state index in [0.717, 1.165) is 12.1 Å². The van der Waals surface area contributed by atoms with E-state index in [1.807, 2.05) is 0 Å². The minimum absolute atomic E-state index is 0.468. The van der Waals surface area contributed by atoms with Gasteiger partial charge in [0.2, 0.25) is 0 Å². The minimum Gasteiger partial charge on any atom is -0.194 e. The molecule has 0 bridgehead atoms. The Morgan fingerprint density at radius 1 is 0.722 bits per heavy atom. The Labute approximate surface area is 98.6 Å². The maximum atomic E-state index is 13.4. The summed E-state index contributed by atoms with van der Waals surface area (Å²) in [5.41, 5.74) is -1.50. The first-order valence-electron chi connectivity index (χ1n) is 5.50. The average Bonchev–Trinajstić information content (AvgIpc) is 2.76. The zero-order valence-corrected chi connectivity index (χ0v) is 9.04. The third-order valence-corrected chi connectivity index (χ3v) is 3.70. The number of aryl methyl sites for hydroxylation is 2. The summed E-state index contributed by atoms with van der Waals surface area (Å²) < 4.78 is 80.2. The molecule has 0 unspecified atom stereocenters. The number of halogens is 6. The molecule has 0 nitrogen and oxygen atoms in total. The fraction of sp³-hybridized carbons (Fsp3) is 0.500. The van der Waals surface area contributed by atoms with Crippen LogP contribution in [0.3, 0.4) is 0 Å². The van der Waals surface area contributed by atoms with Gasteiger partial charge in [0, 0.05) is 11.1 Å². The Morgan fingerprint density at radius 2 is 1.11 bits per heavy atom. The lowest BCUT2D eigenvalue weighted by Gasteiger charge is -2.23. The lowest BCUT2D eigenvalue weighted by molar-refractivity contribution is -0.302. The molecule has 0 amide bonds. The lowest BCUT2D eigenvalue weighted by Crippen LogP contribution is -2.43. The molecule has 6 heteroatoms. The number of hydrogen-bond acceptors (Lipinski definition) is 0. The average molecular weight is 266 g/mol. The van der Waals surface area contributed by atoms with Gasteiger partial charge in [0.15, 0.2) is 0 Å². The molecule has 0 fully saturated rings. The van der Waals surface area contributed by atoms with Crippen molar-refractivity contribution in [1.29, 1.82) is 0 Å². The Kier molecular flexibility index (Phi) is 2.00. The van der Waals surface area contributed by atoms with Gasteiger partial charge in [-0.15, -0.1) is 0 Å². The third-order valence-electron chi connectivity index (χ3n) is 3.70. The molecular formula is C12H8F6. The zero-order valence-electron chi connectivity index (χ0n) is 9.04. The molecule has 2 aliphatic rings. The van der Waals surface area contributed by atoms with E-state index < -0.39 is 28.9 Å². The highest BCUT2D eigenvalue weighted by atomic mass is 19.3. The number of fused-ring (bicyclic) bond motifs is 2. The Balaban J connectivity index is 2.31. The maximum absolute atomic E-state index is 13.4. The first kappa shape index (κ1) is 11.9. The highest BCUT2D eigenvalue weighted by Crippen LogP contribution is 2.63. The van der Waals surface area contributed by atoms with Crippen molar-refractivity contribution in [3.05, 3.63) is 34.4 Å². The smallest absolute Gasteiger partial charge is 0.194 e. The van der Waals surface area contributed by atoms with Crippen LogP contribution in [0.15, 0.2) is 12.1 Å². The second kappa shape index (κ2) is 3.03. The molecule has 0 aromatic heterocycles. The molecule has 0 aliphatic heterocycles. The molecular weight excluding hydrogens is 258 g/mol. The van der Waals surface area contributed by atoms with Crippen molar-refractivity contribution >= 4 is 0 Å². The summed E-state index contributed by atoms with van der Waals surface area (Å²) in [4.78, 5) is 0. The van der Waals surface area contributed by atoms with Gasteiger partial charge in [-0.2, -0.15) is 26.3 Å². The van der Waals surface area contributed by atoms with Crippen molar-refractivity contribution in [3.8, 4) is 0 Å². The first-order chi connectivity index (χ1) is 8.19. The van der Waals surface area contributed by atoms with Crippen LogP contribution < -0.4 is 0 Å². The zero-order chi connectivity index (χ0) is 13.3. The fourth-order valence-electron chi connectivity index (χ4n) is 2.68. The van der Waals surface area contributed by atoms with E-state index in [1.54, 1.807) is 0 Å². The van der Waals surface area contributed by atoms with Crippen LogP contribution in [-0.2, 0) is 24.7 Å². The molecule has 3 rings (SSSR count). The van der Waals surface area contributed by atoms with Crippen molar-refractivity contribution in [2.45, 2.75) is 37.0 Å². The highest BCUT2D eigenvalue weighted by molar-refractivity contribution is 5.50. The molecule has 1 aromatic rings. The van der Waals surface area contributed by atoms with E-state index in [1.165, 1.54) is 0 Å². The Morgan fingerprint density at radius 3 is 1.50 bits per heavy atom. The monoisotopic (exact) mass is 266 g/mol. The summed E-state index contributed by atoms with van der Waals surface area (Å²) >= 11 is 0. The van der Waals surface area contributed by atoms with Crippen molar-refractivity contribution in [3.63, 3.8) is 0 Å². The van der Waals surface area contributed by atoms with Crippen LogP contribution in [0.2, 0.25) is 0 Å². The molecule has 98 valence electrons. The highest BCUT2D eigenvalue weighted by Gasteiger charge is 2.79. The Hall–Kier alpha value is -1.20. The van der Waals surface area contributed by atoms with Gasteiger partial charge in [0.1, 0.15) is 0 Å². The van der Waals surface area contributed by atoms with Crippen LogP contribution in [0.4, 0.5) is 26.3 Å². The van der Waals surface area contributed by atoms with E-state index in [4.69, 9.17) is 0 Å². The van der Waals surface area contributed by atoms with Crippen molar-refractivity contribution in [1.82, 2.24) is 0 Å². The van der Waals surface area contributed by atoms with Gasteiger partial charge in [-0.3, -0.25) is 0 Å². The second-order valence-corrected chi connectivity index (χ2v) is 4.74. The van der Waals surface area contributed by atoms with E-state index >= 15 is 0 Å². The summed E-state index contributed by atoms with van der Waals surface area (Å²) in [5, 5.41) is 0. The largest absolute Gasteiger partial charge is 0.380 e. The second-order valence-electron chi connectivity index (χ2n) is 4.74. The molecule has 0 heterocycles. The van der Waals surface area contributed by atoms with Gasteiger partial charge in [-0.05, 0) is 42.5 Å². The molecule has 0 atom stereocenters. The predicted octanol–water partition coefficient (Wildman–Crippen LogP) is 4.01. The van der Waals surface area contributed by atoms with Crippen molar-refractivity contribution < 1.29 is 26.3 Å². The molecule has 0 radical (unpaired) electrons. The normalized spacial score (nSPS) is 25.9. The van der Waals surface area contributed by atoms with Gasteiger partial charge in [-0.25, -0.2) is 0 Å². The Bertz CT molecular complexity index is 487. The van der Waals surface area contributed by atoms with Gasteiger partial charge in [0.25, 0.3) is 0 Å². The van der Waals surface area contributed by atoms with E-state index in [0.29, 0.717) is 30.4 Å². The molecule has 0 N–H and O–H groups in total. The molecule has 2 aliphatic carbocycles. The molecule has 1 aromatic carbocycles.